The van der Waals surface area contributed by atoms with Gasteiger partial charge in [-0.1, -0.05) is 0 Å². The van der Waals surface area contributed by atoms with Gasteiger partial charge in [-0.05, 0) is 48.6 Å². The van der Waals surface area contributed by atoms with Crippen LogP contribution in [0.1, 0.15) is 21.7 Å². The van der Waals surface area contributed by atoms with Crippen molar-refractivity contribution < 1.29 is 28.8 Å². The molecule has 1 aliphatic rings. The van der Waals surface area contributed by atoms with E-state index in [1.54, 1.807) is 39.5 Å². The molecule has 30 heavy (non-hydrogen) atoms. The van der Waals surface area contributed by atoms with Gasteiger partial charge in [-0.15, -0.1) is 0 Å². The van der Waals surface area contributed by atoms with E-state index in [0.29, 0.717) is 28.5 Å². The minimum atomic E-state index is -0.333. The van der Waals surface area contributed by atoms with Gasteiger partial charge in [0.2, 0.25) is 0 Å². The number of allylic oxidation sites excluding steroid dienone is 3. The molecule has 0 bridgehead atoms. The second-order valence-electron chi connectivity index (χ2n) is 6.52. The molecule has 2 N–H and O–H groups in total. The molecule has 0 fully saturated rings. The fourth-order valence-corrected chi connectivity index (χ4v) is 3.16. The highest BCUT2D eigenvalue weighted by Crippen LogP contribution is 2.29. The summed E-state index contributed by atoms with van der Waals surface area (Å²) in [4.78, 5) is 12.4. The molecule has 8 nitrogen and oxygen atoms in total. The molecule has 1 heterocycles. The first-order valence-electron chi connectivity index (χ1n) is 9.19. The summed E-state index contributed by atoms with van der Waals surface area (Å²) in [6.07, 6.45) is 6.13. The predicted molar refractivity (Wildman–Crippen MR) is 111 cm³/mol. The number of benzene rings is 1. The number of hydrogen-bond donors (Lipinski definition) is 2. The van der Waals surface area contributed by atoms with Gasteiger partial charge in [-0.25, -0.2) is 0 Å². The fourth-order valence-electron chi connectivity index (χ4n) is 3.16. The van der Waals surface area contributed by atoms with Gasteiger partial charge < -0.3 is 24.1 Å². The number of aromatic hydroxyl groups is 1. The molecule has 2 aromatic rings. The Morgan fingerprint density at radius 1 is 1.13 bits per heavy atom. The Kier molecular flexibility index (Phi) is 6.71. The first kappa shape index (κ1) is 21.4. The highest BCUT2D eigenvalue weighted by molar-refractivity contribution is 6.07. The Hall–Kier alpha value is -3.36. The summed E-state index contributed by atoms with van der Waals surface area (Å²) in [5.74, 6) is 0.594. The van der Waals surface area contributed by atoms with Crippen molar-refractivity contribution in [2.24, 2.45) is 0 Å². The van der Waals surface area contributed by atoms with E-state index in [-0.39, 0.29) is 23.7 Å². The zero-order valence-electron chi connectivity index (χ0n) is 17.2. The molecule has 0 amide bonds. The van der Waals surface area contributed by atoms with Crippen molar-refractivity contribution in [2.45, 2.75) is 12.2 Å². The monoisotopic (exact) mass is 412 g/mol. The summed E-state index contributed by atoms with van der Waals surface area (Å²) < 4.78 is 21.4. The molecule has 0 aliphatic heterocycles. The van der Waals surface area contributed by atoms with Crippen molar-refractivity contribution in [1.82, 2.24) is 10.2 Å². The zero-order chi connectivity index (χ0) is 21.7. The van der Waals surface area contributed by atoms with Crippen LogP contribution in [0.3, 0.4) is 0 Å². The summed E-state index contributed by atoms with van der Waals surface area (Å²) in [5, 5.41) is 17.0. The average Bonchev–Trinajstić information content (AvgIpc) is 3.25. The molecule has 3 rings (SSSR count). The Bertz CT molecular complexity index is 1000. The van der Waals surface area contributed by atoms with Crippen LogP contribution in [-0.4, -0.2) is 61.7 Å². The van der Waals surface area contributed by atoms with Gasteiger partial charge in [-0.2, -0.15) is 5.10 Å². The molecule has 0 saturated carbocycles. The zero-order valence-corrected chi connectivity index (χ0v) is 17.2. The second kappa shape index (κ2) is 9.43. The van der Waals surface area contributed by atoms with Crippen molar-refractivity contribution in [3.8, 4) is 11.5 Å². The van der Waals surface area contributed by atoms with Gasteiger partial charge in [0.25, 0.3) is 0 Å². The van der Waals surface area contributed by atoms with Crippen molar-refractivity contribution in [3.05, 3.63) is 65.2 Å². The highest BCUT2D eigenvalue weighted by atomic mass is 16.6. The largest absolute Gasteiger partial charge is 0.504 e. The molecule has 2 unspecified atom stereocenters. The molecule has 1 aromatic carbocycles. The SMILES string of the molecule is COC1=CC(c2cc(/C=C/C(=O)c3ccc(OC)c(O)c3)[nH]n2)=CC(OC)C1OC. The number of rotatable bonds is 8. The van der Waals surface area contributed by atoms with Crippen LogP contribution in [0.5, 0.6) is 11.5 Å². The van der Waals surface area contributed by atoms with Gasteiger partial charge in [0.1, 0.15) is 18.0 Å². The molecular weight excluding hydrogens is 388 g/mol. The number of carbonyl (C=O) groups is 1. The number of phenolic OH excluding ortho intramolecular Hbond substituents is 1. The van der Waals surface area contributed by atoms with Crippen molar-refractivity contribution in [3.63, 3.8) is 0 Å². The first-order valence-corrected chi connectivity index (χ1v) is 9.19. The number of nitrogens with one attached hydrogen (secondary N) is 1. The minimum absolute atomic E-state index is 0.0902. The number of hydrogen-bond acceptors (Lipinski definition) is 7. The number of methoxy groups -OCH3 is 4. The van der Waals surface area contributed by atoms with E-state index < -0.39 is 0 Å². The number of H-pyrrole nitrogens is 1. The second-order valence-corrected chi connectivity index (χ2v) is 6.52. The topological polar surface area (TPSA) is 103 Å². The van der Waals surface area contributed by atoms with Crippen LogP contribution >= 0.6 is 0 Å². The van der Waals surface area contributed by atoms with Crippen LogP contribution in [0, 0.1) is 0 Å². The molecule has 8 heteroatoms. The van der Waals surface area contributed by atoms with Crippen molar-refractivity contribution in [1.29, 1.82) is 0 Å². The summed E-state index contributed by atoms with van der Waals surface area (Å²) in [5.41, 5.74) is 2.48. The minimum Gasteiger partial charge on any atom is -0.504 e. The number of carbonyl (C=O) groups excluding carboxylic acids is 1. The number of aromatic amines is 1. The Morgan fingerprint density at radius 3 is 2.57 bits per heavy atom. The van der Waals surface area contributed by atoms with E-state index in [4.69, 9.17) is 18.9 Å². The maximum absolute atomic E-state index is 12.4. The number of ether oxygens (including phenoxy) is 4. The van der Waals surface area contributed by atoms with Gasteiger partial charge in [0.05, 0.1) is 25.6 Å². The van der Waals surface area contributed by atoms with Crippen LogP contribution in [0.15, 0.2) is 48.3 Å². The smallest absolute Gasteiger partial charge is 0.186 e. The molecule has 0 saturated heterocycles. The summed E-state index contributed by atoms with van der Waals surface area (Å²) in [7, 11) is 6.22. The Labute approximate surface area is 174 Å². The number of aromatic nitrogens is 2. The molecule has 1 aliphatic carbocycles. The number of nitrogens with zero attached hydrogens (tertiary/aromatic N) is 1. The lowest BCUT2D eigenvalue weighted by atomic mass is 9.98. The van der Waals surface area contributed by atoms with Crippen molar-refractivity contribution in [2.75, 3.05) is 28.4 Å². The summed E-state index contributed by atoms with van der Waals surface area (Å²) >= 11 is 0. The highest BCUT2D eigenvalue weighted by Gasteiger charge is 2.29. The van der Waals surface area contributed by atoms with E-state index in [9.17, 15) is 9.90 Å². The van der Waals surface area contributed by atoms with Crippen molar-refractivity contribution >= 4 is 17.4 Å². The van der Waals surface area contributed by atoms with Gasteiger partial charge in [0, 0.05) is 25.4 Å². The Morgan fingerprint density at radius 2 is 1.93 bits per heavy atom. The molecular formula is C22H24N2O6. The van der Waals surface area contributed by atoms with Crippen LogP contribution in [-0.2, 0) is 14.2 Å². The van der Waals surface area contributed by atoms with Gasteiger partial charge in [0.15, 0.2) is 17.3 Å². The van der Waals surface area contributed by atoms with E-state index in [0.717, 1.165) is 5.57 Å². The van der Waals surface area contributed by atoms with Crippen LogP contribution in [0.25, 0.3) is 11.6 Å². The van der Waals surface area contributed by atoms with Gasteiger partial charge in [-0.3, -0.25) is 9.89 Å². The first-order chi connectivity index (χ1) is 14.5. The molecule has 1 aromatic heterocycles. The maximum atomic E-state index is 12.4. The molecule has 0 radical (unpaired) electrons. The van der Waals surface area contributed by atoms with E-state index in [2.05, 4.69) is 10.2 Å². The quantitative estimate of drug-likeness (QED) is 0.507. The lowest BCUT2D eigenvalue weighted by Gasteiger charge is -2.27. The molecule has 158 valence electrons. The molecule has 0 spiro atoms. The van der Waals surface area contributed by atoms with E-state index in [1.165, 1.54) is 19.3 Å². The van der Waals surface area contributed by atoms with Crippen LogP contribution < -0.4 is 4.74 Å². The fraction of sp³-hybridized carbons (Fsp3) is 0.273. The lowest BCUT2D eigenvalue weighted by molar-refractivity contribution is -0.0178. The third-order valence-corrected chi connectivity index (χ3v) is 4.75. The lowest BCUT2D eigenvalue weighted by Crippen LogP contribution is -2.33. The number of ketones is 1. The molecule has 2 atom stereocenters. The van der Waals surface area contributed by atoms with Crippen LogP contribution in [0.4, 0.5) is 0 Å². The average molecular weight is 412 g/mol. The predicted octanol–water partition coefficient (Wildman–Crippen LogP) is 2.98. The van der Waals surface area contributed by atoms with Gasteiger partial charge >= 0.3 is 0 Å². The summed E-state index contributed by atoms with van der Waals surface area (Å²) in [6, 6.07) is 6.31. The third-order valence-electron chi connectivity index (χ3n) is 4.75. The van der Waals surface area contributed by atoms with Crippen LogP contribution in [0.2, 0.25) is 0 Å². The maximum Gasteiger partial charge on any atom is 0.186 e. The van der Waals surface area contributed by atoms with E-state index >= 15 is 0 Å². The summed E-state index contributed by atoms with van der Waals surface area (Å²) in [6.45, 7) is 0. The Balaban J connectivity index is 1.78. The standard InChI is InChI=1S/C22H24N2O6/c1-27-19-8-5-13(9-18(19)26)17(25)7-6-15-12-16(24-23-15)14-10-20(28-2)22(30-4)21(11-14)29-3/h5-12,20,22,26H,1-4H3,(H,23,24)/b7-6+. The number of phenols is 1. The van der Waals surface area contributed by atoms with E-state index in [1.807, 2.05) is 18.2 Å². The normalized spacial score (nSPS) is 18.8. The third kappa shape index (κ3) is 4.45.